The van der Waals surface area contributed by atoms with Gasteiger partial charge in [-0.15, -0.1) is 0 Å². The highest BCUT2D eigenvalue weighted by molar-refractivity contribution is 6.33. The van der Waals surface area contributed by atoms with Crippen LogP contribution in [-0.4, -0.2) is 161 Å². The van der Waals surface area contributed by atoms with E-state index in [2.05, 4.69) is 15.1 Å². The molecular formula is C43H57ClF3N7O10. The molecular weight excluding hydrogens is 867 g/mol. The Morgan fingerprint density at radius 1 is 0.891 bits per heavy atom. The van der Waals surface area contributed by atoms with Gasteiger partial charge in [-0.25, -0.2) is 19.2 Å². The first-order valence-corrected chi connectivity index (χ1v) is 21.1. The van der Waals surface area contributed by atoms with E-state index in [-0.39, 0.29) is 68.2 Å². The number of urea groups is 1. The lowest BCUT2D eigenvalue weighted by molar-refractivity contribution is -0.145. The maximum absolute atomic E-state index is 14.1. The highest BCUT2D eigenvalue weighted by Crippen LogP contribution is 2.38. The molecule has 0 radical (unpaired) electrons. The number of carbonyl (C=O) groups excluding carboxylic acids is 4. The topological polar surface area (TPSA) is 216 Å². The molecule has 17 nitrogen and oxygen atoms in total. The van der Waals surface area contributed by atoms with Crippen molar-refractivity contribution in [1.82, 2.24) is 24.5 Å². The van der Waals surface area contributed by atoms with Gasteiger partial charge in [-0.3, -0.25) is 19.4 Å². The van der Waals surface area contributed by atoms with E-state index in [4.69, 9.17) is 37.0 Å². The van der Waals surface area contributed by atoms with Gasteiger partial charge in [0, 0.05) is 95.2 Å². The summed E-state index contributed by atoms with van der Waals surface area (Å²) >= 11 is 6.13. The van der Waals surface area contributed by atoms with Crippen molar-refractivity contribution in [3.8, 4) is 0 Å². The first-order chi connectivity index (χ1) is 29.9. The second-order valence-corrected chi connectivity index (χ2v) is 16.0. The Labute approximate surface area is 374 Å². The summed E-state index contributed by atoms with van der Waals surface area (Å²) in [6.45, 7) is 6.79. The van der Waals surface area contributed by atoms with Crippen LogP contribution in [0.15, 0.2) is 48.6 Å². The van der Waals surface area contributed by atoms with Crippen molar-refractivity contribution in [2.45, 2.75) is 77.2 Å². The molecule has 2 aromatic carbocycles. The molecule has 4 heterocycles. The number of esters is 1. The zero-order chi connectivity index (χ0) is 45.8. The number of aliphatic carboxylic acids is 2. The van der Waals surface area contributed by atoms with E-state index in [0.29, 0.717) is 70.7 Å². The molecule has 352 valence electrons. The number of nitrogens with two attached hydrogens (primary N) is 1. The summed E-state index contributed by atoms with van der Waals surface area (Å²) in [6, 6.07) is 9.74. The number of alkyl halides is 3. The number of nitrogen functional groups attached to an aromatic ring is 1. The number of anilines is 2. The number of piperidine rings is 2. The molecule has 0 unspecified atom stereocenters. The Hall–Kier alpha value is -5.60. The summed E-state index contributed by atoms with van der Waals surface area (Å²) in [4.78, 5) is 81.1. The molecule has 4 amide bonds. The van der Waals surface area contributed by atoms with Gasteiger partial charge in [-0.1, -0.05) is 37.2 Å². The van der Waals surface area contributed by atoms with Crippen molar-refractivity contribution in [2.75, 3.05) is 83.1 Å². The van der Waals surface area contributed by atoms with Crippen LogP contribution in [0.5, 0.6) is 0 Å². The summed E-state index contributed by atoms with van der Waals surface area (Å²) in [6.07, 6.45) is -2.79. The van der Waals surface area contributed by atoms with E-state index in [1.807, 2.05) is 24.3 Å². The lowest BCUT2D eigenvalue weighted by atomic mass is 10.0. The number of carboxylic acids is 2. The van der Waals surface area contributed by atoms with Crippen LogP contribution >= 0.6 is 11.6 Å². The minimum absolute atomic E-state index is 0. The third-order valence-electron chi connectivity index (χ3n) is 11.5. The molecule has 64 heavy (non-hydrogen) atoms. The number of piperazine rings is 1. The van der Waals surface area contributed by atoms with Crippen molar-refractivity contribution in [1.29, 1.82) is 0 Å². The monoisotopic (exact) mass is 923 g/mol. The molecule has 3 saturated heterocycles. The Balaban J connectivity index is 0.000000910. The third kappa shape index (κ3) is 14.2. The number of para-hydroxylation sites is 1. The van der Waals surface area contributed by atoms with Gasteiger partial charge in [0.05, 0.1) is 29.4 Å². The minimum atomic E-state index is -4.79. The normalized spacial score (nSPS) is 18.4. The third-order valence-corrected chi connectivity index (χ3v) is 11.8. The molecule has 1 atom stereocenters. The SMILES string of the molecule is C.CCOC(=O)CN1CCC(N2CCN(C(=O)[C@@H](Cc3cc(Cl)c(N)c(C(F)(F)F)c3)OC(=O)N3CCC(N4CCc5ccccc5NC4=O)CC3)CC2)CC1.O=C(O)/C=C/C(=O)O. The number of carboxylic acid groups (broad SMARTS) is 2. The standard InChI is InChI=1S/C38H49ClF3N7O6.C4H4O4.CH4/c1-2-54-33(50)24-45-12-8-27(9-13-45)46-17-19-47(20-18-46)35(51)32(23-25-21-29(38(40,41)42)34(43)30(39)22-25)55-37(53)48-14-10-28(11-15-48)49-16-7-26-5-3-4-6-31(26)44-36(49)52;5-3(6)1-2-4(7)8;/h3-6,21-22,27-28,32H,2,7-20,23-24,43H2,1H3,(H,44,52);1-2H,(H,5,6)(H,7,8);1H4/b;2-1+;/t32-;;/m1../s1. The number of hydrogen-bond acceptors (Lipinski definition) is 11. The fourth-order valence-corrected chi connectivity index (χ4v) is 8.44. The van der Waals surface area contributed by atoms with Gasteiger partial charge in [0.2, 0.25) is 0 Å². The van der Waals surface area contributed by atoms with Crippen molar-refractivity contribution < 1.29 is 61.6 Å². The van der Waals surface area contributed by atoms with Crippen LogP contribution in [0.25, 0.3) is 0 Å². The molecule has 4 aliphatic rings. The lowest BCUT2D eigenvalue weighted by Crippen LogP contribution is -2.57. The number of fused-ring (bicyclic) bond motifs is 1. The molecule has 0 spiro atoms. The number of ether oxygens (including phenoxy) is 2. The fraction of sp³-hybridized carbons (Fsp3) is 0.535. The van der Waals surface area contributed by atoms with Crippen LogP contribution < -0.4 is 11.1 Å². The quantitative estimate of drug-likeness (QED) is 0.132. The summed E-state index contributed by atoms with van der Waals surface area (Å²) in [7, 11) is 0. The first-order valence-electron chi connectivity index (χ1n) is 20.7. The van der Waals surface area contributed by atoms with Crippen LogP contribution in [0.4, 0.5) is 34.1 Å². The zero-order valence-electron chi connectivity index (χ0n) is 34.9. The first kappa shape index (κ1) is 51.0. The van der Waals surface area contributed by atoms with E-state index >= 15 is 0 Å². The number of benzene rings is 2. The summed E-state index contributed by atoms with van der Waals surface area (Å²) in [5, 5.41) is 18.3. The number of nitrogens with one attached hydrogen (secondary N) is 1. The predicted octanol–water partition coefficient (Wildman–Crippen LogP) is 5.06. The smallest absolute Gasteiger partial charge is 0.418 e. The molecule has 4 aliphatic heterocycles. The number of rotatable bonds is 11. The van der Waals surface area contributed by atoms with Gasteiger partial charge in [-0.2, -0.15) is 13.2 Å². The Morgan fingerprint density at radius 3 is 2.09 bits per heavy atom. The summed E-state index contributed by atoms with van der Waals surface area (Å²) in [5.41, 5.74) is 5.81. The number of nitrogens with zero attached hydrogens (tertiary/aromatic N) is 5. The molecule has 2 aromatic rings. The van der Waals surface area contributed by atoms with Crippen LogP contribution in [0.1, 0.15) is 56.7 Å². The predicted molar refractivity (Wildman–Crippen MR) is 231 cm³/mol. The zero-order valence-corrected chi connectivity index (χ0v) is 35.6. The molecule has 21 heteroatoms. The highest BCUT2D eigenvalue weighted by Gasteiger charge is 2.38. The molecule has 3 fully saturated rings. The van der Waals surface area contributed by atoms with E-state index in [9.17, 15) is 41.9 Å². The van der Waals surface area contributed by atoms with Crippen LogP contribution in [0, 0.1) is 0 Å². The average Bonchev–Trinajstić information content (AvgIpc) is 3.42. The summed E-state index contributed by atoms with van der Waals surface area (Å²) < 4.78 is 52.5. The Bertz CT molecular complexity index is 1980. The van der Waals surface area contributed by atoms with Gasteiger partial charge in [0.15, 0.2) is 6.10 Å². The number of amides is 4. The number of hydrogen-bond donors (Lipinski definition) is 4. The van der Waals surface area contributed by atoms with Crippen LogP contribution in [0.2, 0.25) is 5.02 Å². The number of halogens is 4. The summed E-state index contributed by atoms with van der Waals surface area (Å²) in [5.74, 6) is -3.26. The minimum Gasteiger partial charge on any atom is -0.478 e. The van der Waals surface area contributed by atoms with E-state index in [1.54, 1.807) is 16.7 Å². The van der Waals surface area contributed by atoms with Gasteiger partial charge >= 0.3 is 36.2 Å². The van der Waals surface area contributed by atoms with Crippen molar-refractivity contribution >= 4 is 58.9 Å². The lowest BCUT2D eigenvalue weighted by Gasteiger charge is -2.43. The molecule has 0 aliphatic carbocycles. The molecule has 6 rings (SSSR count). The van der Waals surface area contributed by atoms with E-state index in [0.717, 1.165) is 43.2 Å². The van der Waals surface area contributed by atoms with E-state index in [1.165, 1.54) is 11.0 Å². The van der Waals surface area contributed by atoms with E-state index < -0.39 is 47.5 Å². The second kappa shape index (κ2) is 23.4. The number of likely N-dealkylation sites (tertiary alicyclic amines) is 2. The molecule has 0 aromatic heterocycles. The van der Waals surface area contributed by atoms with Crippen molar-refractivity contribution in [3.05, 3.63) is 70.3 Å². The number of carbonyl (C=O) groups is 6. The van der Waals surface area contributed by atoms with Crippen molar-refractivity contribution in [3.63, 3.8) is 0 Å². The maximum Gasteiger partial charge on any atom is 0.418 e. The molecule has 0 saturated carbocycles. The highest BCUT2D eigenvalue weighted by atomic mass is 35.5. The average molecular weight is 924 g/mol. The van der Waals surface area contributed by atoms with Crippen molar-refractivity contribution in [2.24, 2.45) is 0 Å². The molecule has 5 N–H and O–H groups in total. The second-order valence-electron chi connectivity index (χ2n) is 15.5. The Morgan fingerprint density at radius 2 is 1.50 bits per heavy atom. The van der Waals surface area contributed by atoms with Gasteiger partial charge in [-0.05, 0) is 68.4 Å². The van der Waals surface area contributed by atoms with Gasteiger partial charge in [0.25, 0.3) is 5.91 Å². The fourth-order valence-electron chi connectivity index (χ4n) is 8.20. The van der Waals surface area contributed by atoms with Crippen LogP contribution in [-0.2, 0) is 47.7 Å². The van der Waals surface area contributed by atoms with Crippen LogP contribution in [0.3, 0.4) is 0 Å². The molecule has 0 bridgehead atoms. The van der Waals surface area contributed by atoms with Gasteiger partial charge in [0.1, 0.15) is 0 Å². The largest absolute Gasteiger partial charge is 0.478 e. The maximum atomic E-state index is 14.1. The Kier molecular flexibility index (Phi) is 18.6. The van der Waals surface area contributed by atoms with Gasteiger partial charge < -0.3 is 45.4 Å².